The van der Waals surface area contributed by atoms with Crippen LogP contribution in [0.5, 0.6) is 0 Å². The number of carbonyl (C=O) groups excluding carboxylic acids is 3. The number of benzene rings is 1. The van der Waals surface area contributed by atoms with Gasteiger partial charge in [-0.05, 0) is 37.5 Å². The van der Waals surface area contributed by atoms with Crippen LogP contribution in [-0.2, 0) is 24.7 Å². The zero-order valence-electron chi connectivity index (χ0n) is 19.0. The summed E-state index contributed by atoms with van der Waals surface area (Å²) in [5, 5.41) is 9.58. The van der Waals surface area contributed by atoms with Gasteiger partial charge in [-0.3, -0.25) is 14.4 Å². The van der Waals surface area contributed by atoms with Gasteiger partial charge in [0.2, 0.25) is 11.8 Å². The predicted molar refractivity (Wildman–Crippen MR) is 123 cm³/mol. The molecule has 33 heavy (non-hydrogen) atoms. The Morgan fingerprint density at radius 2 is 2.15 bits per heavy atom. The van der Waals surface area contributed by atoms with E-state index in [1.807, 2.05) is 25.1 Å². The molecule has 8 heteroatoms. The lowest BCUT2D eigenvalue weighted by Crippen LogP contribution is -2.45. The van der Waals surface area contributed by atoms with Gasteiger partial charge in [-0.1, -0.05) is 13.0 Å². The smallest absolute Gasteiger partial charge is 0.264 e. The van der Waals surface area contributed by atoms with Crippen LogP contribution >= 0.6 is 0 Å². The van der Waals surface area contributed by atoms with Gasteiger partial charge in [0.15, 0.2) is 5.60 Å². The highest BCUT2D eigenvalue weighted by Crippen LogP contribution is 2.54. The quantitative estimate of drug-likeness (QED) is 0.525. The average Bonchev–Trinajstić information content (AvgIpc) is 3.46. The Hall–Kier alpha value is -2.71. The van der Waals surface area contributed by atoms with E-state index in [1.165, 1.54) is 0 Å². The van der Waals surface area contributed by atoms with Crippen LogP contribution in [0.3, 0.4) is 0 Å². The molecule has 3 saturated heterocycles. The van der Waals surface area contributed by atoms with Crippen molar-refractivity contribution in [2.24, 2.45) is 5.92 Å². The van der Waals surface area contributed by atoms with Gasteiger partial charge in [-0.2, -0.15) is 0 Å². The van der Waals surface area contributed by atoms with E-state index in [2.05, 4.69) is 6.58 Å². The minimum Gasteiger partial charge on any atom is -0.394 e. The number of β-lactam (4-membered cyclic amide) rings is 1. The summed E-state index contributed by atoms with van der Waals surface area (Å²) in [6.07, 6.45) is 4.32. The number of likely N-dealkylation sites (tertiary alicyclic amines) is 1. The number of fused-ring (bicyclic) bond motifs is 2. The van der Waals surface area contributed by atoms with Crippen LogP contribution in [0.1, 0.15) is 44.6 Å². The summed E-state index contributed by atoms with van der Waals surface area (Å²) in [5.41, 5.74) is 1.14. The third-order valence-electron chi connectivity index (χ3n) is 7.68. The molecule has 4 aliphatic rings. The lowest BCUT2D eigenvalue weighted by atomic mass is 9.82. The predicted octanol–water partition coefficient (Wildman–Crippen LogP) is 1.95. The van der Waals surface area contributed by atoms with Gasteiger partial charge in [0, 0.05) is 43.2 Å². The molecule has 4 heterocycles. The highest BCUT2D eigenvalue weighted by Gasteiger charge is 2.60. The first-order valence-corrected chi connectivity index (χ1v) is 11.9. The molecule has 1 aromatic rings. The molecule has 3 fully saturated rings. The highest BCUT2D eigenvalue weighted by molar-refractivity contribution is 6.09. The van der Waals surface area contributed by atoms with Crippen LogP contribution in [-0.4, -0.2) is 66.1 Å². The number of aliphatic hydroxyl groups excluding tert-OH is 1. The van der Waals surface area contributed by atoms with Crippen molar-refractivity contribution >= 4 is 29.1 Å². The number of hydrogen-bond donors (Lipinski definition) is 1. The van der Waals surface area contributed by atoms with Gasteiger partial charge in [-0.25, -0.2) is 0 Å². The number of ether oxygens (including phenoxy) is 1. The second-order valence-electron chi connectivity index (χ2n) is 9.58. The molecule has 1 spiro atoms. The van der Waals surface area contributed by atoms with Crippen molar-refractivity contribution in [3.05, 3.63) is 36.4 Å². The monoisotopic (exact) mass is 453 g/mol. The molecule has 5 rings (SSSR count). The summed E-state index contributed by atoms with van der Waals surface area (Å²) >= 11 is 0. The second-order valence-corrected chi connectivity index (χ2v) is 9.58. The van der Waals surface area contributed by atoms with E-state index in [4.69, 9.17) is 4.74 Å². The SMILES string of the molecule is C=CCN1C(=O)[C@@]2(O[C@@H](CC(=O)N3CCC[C@H]3CO)C[C@H]2C)c2cc(N3CCC3=O)ccc21. The third-order valence-corrected chi connectivity index (χ3v) is 7.68. The zero-order chi connectivity index (χ0) is 23.3. The zero-order valence-corrected chi connectivity index (χ0v) is 19.0. The Kier molecular flexibility index (Phi) is 5.53. The molecular weight excluding hydrogens is 422 g/mol. The highest BCUT2D eigenvalue weighted by atomic mass is 16.5. The Bertz CT molecular complexity index is 1010. The molecule has 0 aromatic heterocycles. The Balaban J connectivity index is 1.45. The van der Waals surface area contributed by atoms with Crippen molar-refractivity contribution in [3.8, 4) is 0 Å². The maximum Gasteiger partial charge on any atom is 0.264 e. The molecule has 8 nitrogen and oxygen atoms in total. The van der Waals surface area contributed by atoms with Crippen LogP contribution in [0.2, 0.25) is 0 Å². The molecule has 1 N–H and O–H groups in total. The lowest BCUT2D eigenvalue weighted by molar-refractivity contribution is -0.149. The first-order valence-electron chi connectivity index (χ1n) is 11.9. The number of carbonyl (C=O) groups is 3. The van der Waals surface area contributed by atoms with E-state index in [-0.39, 0.29) is 48.8 Å². The number of anilines is 2. The first-order chi connectivity index (χ1) is 15.9. The second kappa shape index (κ2) is 8.25. The van der Waals surface area contributed by atoms with Gasteiger partial charge in [0.25, 0.3) is 5.91 Å². The van der Waals surface area contributed by atoms with Gasteiger partial charge >= 0.3 is 0 Å². The molecule has 0 radical (unpaired) electrons. The summed E-state index contributed by atoms with van der Waals surface area (Å²) in [4.78, 5) is 43.9. The van der Waals surface area contributed by atoms with Gasteiger partial charge < -0.3 is 24.5 Å². The van der Waals surface area contributed by atoms with E-state index >= 15 is 0 Å². The van der Waals surface area contributed by atoms with Crippen LogP contribution < -0.4 is 9.80 Å². The molecule has 4 aliphatic heterocycles. The summed E-state index contributed by atoms with van der Waals surface area (Å²) in [6.45, 7) is 7.45. The maximum absolute atomic E-state index is 13.7. The van der Waals surface area contributed by atoms with Gasteiger partial charge in [0.1, 0.15) is 0 Å². The van der Waals surface area contributed by atoms with Crippen LogP contribution in [0, 0.1) is 5.92 Å². The Morgan fingerprint density at radius 1 is 1.33 bits per heavy atom. The third kappa shape index (κ3) is 3.30. The molecule has 1 aromatic carbocycles. The van der Waals surface area contributed by atoms with E-state index in [0.29, 0.717) is 32.5 Å². The van der Waals surface area contributed by atoms with Crippen molar-refractivity contribution in [3.63, 3.8) is 0 Å². The van der Waals surface area contributed by atoms with Crippen molar-refractivity contribution < 1.29 is 24.2 Å². The summed E-state index contributed by atoms with van der Waals surface area (Å²) in [7, 11) is 0. The summed E-state index contributed by atoms with van der Waals surface area (Å²) in [5.74, 6) is -0.231. The fraction of sp³-hybridized carbons (Fsp3) is 0.560. The van der Waals surface area contributed by atoms with E-state index in [0.717, 1.165) is 29.8 Å². The minimum absolute atomic E-state index is 0.0298. The molecule has 0 unspecified atom stereocenters. The minimum atomic E-state index is -1.17. The van der Waals surface area contributed by atoms with Crippen molar-refractivity contribution in [1.29, 1.82) is 0 Å². The molecule has 4 atom stereocenters. The van der Waals surface area contributed by atoms with Crippen LogP contribution in [0.25, 0.3) is 0 Å². The molecule has 0 aliphatic carbocycles. The van der Waals surface area contributed by atoms with E-state index in [9.17, 15) is 19.5 Å². The molecule has 0 bridgehead atoms. The van der Waals surface area contributed by atoms with Crippen molar-refractivity contribution in [2.75, 3.05) is 36.0 Å². The molecule has 0 saturated carbocycles. The fourth-order valence-corrected chi connectivity index (χ4v) is 5.92. The van der Waals surface area contributed by atoms with Gasteiger partial charge in [0.05, 0.1) is 30.9 Å². The summed E-state index contributed by atoms with van der Waals surface area (Å²) in [6, 6.07) is 5.55. The number of rotatable bonds is 6. The first kappa shape index (κ1) is 22.1. The van der Waals surface area contributed by atoms with Crippen LogP contribution in [0.4, 0.5) is 11.4 Å². The van der Waals surface area contributed by atoms with E-state index in [1.54, 1.807) is 20.8 Å². The van der Waals surface area contributed by atoms with Crippen LogP contribution in [0.15, 0.2) is 30.9 Å². The number of nitrogens with zero attached hydrogens (tertiary/aromatic N) is 3. The van der Waals surface area contributed by atoms with Crippen molar-refractivity contribution in [1.82, 2.24) is 4.90 Å². The van der Waals surface area contributed by atoms with E-state index < -0.39 is 5.60 Å². The van der Waals surface area contributed by atoms with Gasteiger partial charge in [-0.15, -0.1) is 6.58 Å². The summed E-state index contributed by atoms with van der Waals surface area (Å²) < 4.78 is 6.51. The maximum atomic E-state index is 13.7. The normalized spacial score (nSPS) is 30.8. The largest absolute Gasteiger partial charge is 0.394 e. The number of hydrogen-bond acceptors (Lipinski definition) is 5. The molecule has 3 amide bonds. The Labute approximate surface area is 193 Å². The molecular formula is C25H31N3O5. The average molecular weight is 454 g/mol. The fourth-order valence-electron chi connectivity index (χ4n) is 5.92. The van der Waals surface area contributed by atoms with Crippen molar-refractivity contribution in [2.45, 2.75) is 56.8 Å². The standard InChI is InChI=1S/C25H31N3O5/c1-3-9-28-21-7-6-17(27-11-8-22(27)30)13-20(21)25(24(28)32)16(2)12-19(33-25)14-23(31)26-10-4-5-18(26)15-29/h3,6-7,13,16,18-19,29H,1,4-5,8-12,14-15H2,2H3/t16-,18+,19-,25+/m1/s1. The number of amides is 3. The topological polar surface area (TPSA) is 90.4 Å². The lowest BCUT2D eigenvalue weighted by Gasteiger charge is -2.32. The molecule has 176 valence electrons. The Morgan fingerprint density at radius 3 is 2.82 bits per heavy atom. The number of aliphatic hydroxyl groups is 1.